The lowest BCUT2D eigenvalue weighted by Gasteiger charge is -2.19. The maximum Gasteiger partial charge on any atom is 0.154 e. The quantitative estimate of drug-likeness (QED) is 0.118. The summed E-state index contributed by atoms with van der Waals surface area (Å²) in [6.07, 6.45) is 15.4. The van der Waals surface area contributed by atoms with Crippen molar-refractivity contribution in [2.75, 3.05) is 6.54 Å². The number of nitrogens with zero attached hydrogens (tertiary/aromatic N) is 2. The van der Waals surface area contributed by atoms with Crippen molar-refractivity contribution < 1.29 is 0 Å². The van der Waals surface area contributed by atoms with Crippen LogP contribution in [0.25, 0.3) is 61.0 Å². The maximum atomic E-state index is 4.95. The molecule has 0 fully saturated rings. The van der Waals surface area contributed by atoms with Crippen LogP contribution in [0.3, 0.4) is 0 Å². The van der Waals surface area contributed by atoms with E-state index in [0.29, 0.717) is 12.4 Å². The van der Waals surface area contributed by atoms with Crippen molar-refractivity contribution in [1.29, 1.82) is 0 Å². The third-order valence-electron chi connectivity index (χ3n) is 9.53. The van der Waals surface area contributed by atoms with Gasteiger partial charge in [0.05, 0.1) is 6.54 Å². The first-order valence-corrected chi connectivity index (χ1v) is 17.4. The summed E-state index contributed by atoms with van der Waals surface area (Å²) < 4.78 is 0. The van der Waals surface area contributed by atoms with Gasteiger partial charge in [0.1, 0.15) is 0 Å². The van der Waals surface area contributed by atoms with E-state index in [1.165, 1.54) is 66.1 Å². The second kappa shape index (κ2) is 14.7. The minimum absolute atomic E-state index is 0.636. The molecule has 2 heteroatoms. The van der Waals surface area contributed by atoms with E-state index >= 15 is 0 Å². The molecule has 0 radical (unpaired) electrons. The lowest BCUT2D eigenvalue weighted by atomic mass is 9.85. The van der Waals surface area contributed by atoms with Gasteiger partial charge in [0.25, 0.3) is 0 Å². The van der Waals surface area contributed by atoms with Crippen molar-refractivity contribution in [1.82, 2.24) is 0 Å². The summed E-state index contributed by atoms with van der Waals surface area (Å²) in [7, 11) is 0. The molecule has 0 bridgehead atoms. The van der Waals surface area contributed by atoms with E-state index in [1.807, 2.05) is 0 Å². The highest BCUT2D eigenvalue weighted by Gasteiger charge is 2.17. The average molecular weight is 635 g/mol. The number of amidine groups is 1. The molecule has 6 aromatic rings. The molecule has 0 N–H and O–H groups in total. The Morgan fingerprint density at radius 3 is 1.96 bits per heavy atom. The first kappa shape index (κ1) is 32.0. The molecule has 1 aliphatic rings. The number of aliphatic imine (C=N–C) groups is 2. The number of fused-ring (bicyclic) bond motifs is 2. The Kier molecular flexibility index (Phi) is 9.57. The van der Waals surface area contributed by atoms with Crippen LogP contribution in [0.4, 0.5) is 0 Å². The number of hydrogen-bond donors (Lipinski definition) is 0. The van der Waals surface area contributed by atoms with Gasteiger partial charge in [-0.25, -0.2) is 4.99 Å². The van der Waals surface area contributed by atoms with Crippen LogP contribution in [-0.2, 0) is 0 Å². The molecule has 0 unspecified atom stereocenters. The van der Waals surface area contributed by atoms with Gasteiger partial charge in [0, 0.05) is 5.56 Å². The van der Waals surface area contributed by atoms with Crippen LogP contribution in [0, 0.1) is 6.92 Å². The third kappa shape index (κ3) is 7.00. The second-order valence-corrected chi connectivity index (χ2v) is 12.9. The fraction of sp³-hybridized carbons (Fsp3) is 0.149. The minimum atomic E-state index is 0.636. The van der Waals surface area contributed by atoms with E-state index in [4.69, 9.17) is 4.99 Å². The number of rotatable bonds is 8. The molecular formula is C47H42N2. The summed E-state index contributed by atoms with van der Waals surface area (Å²) >= 11 is 0. The molecule has 7 rings (SSSR count). The summed E-state index contributed by atoms with van der Waals surface area (Å²) in [4.78, 5) is 9.35. The Morgan fingerprint density at radius 2 is 1.35 bits per heavy atom. The van der Waals surface area contributed by atoms with Gasteiger partial charge in [-0.05, 0) is 141 Å². The molecule has 6 aromatic carbocycles. The number of aryl methyl sites for hydroxylation is 1. The zero-order valence-corrected chi connectivity index (χ0v) is 28.5. The molecule has 2 nitrogen and oxygen atoms in total. The number of benzene rings is 6. The molecule has 0 heterocycles. The summed E-state index contributed by atoms with van der Waals surface area (Å²) in [6.45, 7) is 8.93. The predicted octanol–water partition coefficient (Wildman–Crippen LogP) is 12.8. The van der Waals surface area contributed by atoms with Gasteiger partial charge in [0.15, 0.2) is 5.84 Å². The summed E-state index contributed by atoms with van der Waals surface area (Å²) in [5, 5.41) is 4.88. The monoisotopic (exact) mass is 634 g/mol. The van der Waals surface area contributed by atoms with E-state index in [1.54, 1.807) is 0 Å². The first-order chi connectivity index (χ1) is 24.1. The molecule has 0 aliphatic heterocycles. The minimum Gasteiger partial charge on any atom is -0.262 e. The molecule has 0 saturated carbocycles. The summed E-state index contributed by atoms with van der Waals surface area (Å²) in [6, 6.07) is 42.3. The van der Waals surface area contributed by atoms with Gasteiger partial charge >= 0.3 is 0 Å². The van der Waals surface area contributed by atoms with Crippen LogP contribution < -0.4 is 0 Å². The molecule has 1 aliphatic carbocycles. The lowest BCUT2D eigenvalue weighted by Crippen LogP contribution is -2.00. The molecule has 240 valence electrons. The average Bonchev–Trinajstić information content (AvgIpc) is 3.42. The normalized spacial score (nSPS) is 13.6. The van der Waals surface area contributed by atoms with Crippen molar-refractivity contribution in [3.63, 3.8) is 0 Å². The Labute approximate surface area is 290 Å². The highest BCUT2D eigenvalue weighted by molar-refractivity contribution is 6.06. The first-order valence-electron chi connectivity index (χ1n) is 17.4. The van der Waals surface area contributed by atoms with Crippen LogP contribution in [0.15, 0.2) is 155 Å². The van der Waals surface area contributed by atoms with Crippen LogP contribution in [-0.4, -0.2) is 19.1 Å². The van der Waals surface area contributed by atoms with Gasteiger partial charge in [-0.2, -0.15) is 0 Å². The van der Waals surface area contributed by atoms with Gasteiger partial charge in [-0.3, -0.25) is 4.99 Å². The van der Waals surface area contributed by atoms with Gasteiger partial charge in [-0.15, -0.1) is 0 Å². The predicted molar refractivity (Wildman–Crippen MR) is 214 cm³/mol. The van der Waals surface area contributed by atoms with Crippen LogP contribution >= 0.6 is 0 Å². The van der Waals surface area contributed by atoms with E-state index in [9.17, 15) is 0 Å². The highest BCUT2D eigenvalue weighted by Crippen LogP contribution is 2.43. The summed E-state index contributed by atoms with van der Waals surface area (Å²) in [5.41, 5.74) is 12.0. The van der Waals surface area contributed by atoms with E-state index in [2.05, 4.69) is 171 Å². The molecule has 0 atom stereocenters. The highest BCUT2D eigenvalue weighted by atomic mass is 14.9. The Bertz CT molecular complexity index is 2300. The van der Waals surface area contributed by atoms with Crippen LogP contribution in [0.2, 0.25) is 0 Å². The largest absolute Gasteiger partial charge is 0.262 e. The standard InChI is InChI=1S/C47H42N2/c1-4-5-17-35-24-25-41(26-33(35)2)44-29-37-19-11-13-21-39(37)31-46(44)45-30-38-20-12-10-18-36(38)28-43(45)40-22-14-23-42(27-40)47(48-3)49-32-34-15-8-6-7-9-16-34/h5-6,8,10-15,17-31H,3-4,7,9,16,32H2,1-2H3/b17-5-,49-47?. The molecule has 0 amide bonds. The Morgan fingerprint density at radius 1 is 0.714 bits per heavy atom. The van der Waals surface area contributed by atoms with Crippen molar-refractivity contribution in [3.8, 4) is 33.4 Å². The number of allylic oxidation sites excluding steroid dienone is 4. The van der Waals surface area contributed by atoms with Crippen molar-refractivity contribution in [3.05, 3.63) is 162 Å². The maximum absolute atomic E-state index is 4.95. The zero-order chi connectivity index (χ0) is 33.6. The fourth-order valence-electron chi connectivity index (χ4n) is 6.88. The molecular weight excluding hydrogens is 593 g/mol. The van der Waals surface area contributed by atoms with Crippen molar-refractivity contribution >= 4 is 40.2 Å². The number of hydrogen-bond acceptors (Lipinski definition) is 1. The molecule has 0 spiro atoms. The van der Waals surface area contributed by atoms with E-state index < -0.39 is 0 Å². The molecule has 0 aromatic heterocycles. The van der Waals surface area contributed by atoms with Crippen LogP contribution in [0.5, 0.6) is 0 Å². The van der Waals surface area contributed by atoms with E-state index in [0.717, 1.165) is 36.8 Å². The van der Waals surface area contributed by atoms with E-state index in [-0.39, 0.29) is 0 Å². The SMILES string of the molecule is C=NC(=NCC1=CC=CCCC1)c1cccc(-c2cc3ccccc3cc2-c2cc3ccccc3cc2-c2ccc(/C=C\CC)c(C)c2)c1. The smallest absolute Gasteiger partial charge is 0.154 e. The molecule has 0 saturated heterocycles. The summed E-state index contributed by atoms with van der Waals surface area (Å²) in [5.74, 6) is 0.678. The fourth-order valence-corrected chi connectivity index (χ4v) is 6.88. The Balaban J connectivity index is 1.41. The van der Waals surface area contributed by atoms with Crippen molar-refractivity contribution in [2.24, 2.45) is 9.98 Å². The van der Waals surface area contributed by atoms with Gasteiger partial charge in [-0.1, -0.05) is 122 Å². The van der Waals surface area contributed by atoms with Crippen LogP contribution in [0.1, 0.15) is 49.3 Å². The zero-order valence-electron chi connectivity index (χ0n) is 28.5. The Hall–Kier alpha value is -5.60. The third-order valence-corrected chi connectivity index (χ3v) is 9.53. The van der Waals surface area contributed by atoms with Gasteiger partial charge in [0.2, 0.25) is 0 Å². The van der Waals surface area contributed by atoms with Crippen molar-refractivity contribution in [2.45, 2.75) is 39.5 Å². The van der Waals surface area contributed by atoms with Gasteiger partial charge < -0.3 is 0 Å². The topological polar surface area (TPSA) is 24.7 Å². The second-order valence-electron chi connectivity index (χ2n) is 12.9. The lowest BCUT2D eigenvalue weighted by molar-refractivity contribution is 0.823. The molecule has 49 heavy (non-hydrogen) atoms.